The van der Waals surface area contributed by atoms with E-state index in [4.69, 9.17) is 21.1 Å². The van der Waals surface area contributed by atoms with Crippen molar-refractivity contribution in [1.29, 1.82) is 0 Å². The first-order valence-corrected chi connectivity index (χ1v) is 9.22. The molecule has 2 heterocycles. The van der Waals surface area contributed by atoms with Crippen molar-refractivity contribution in [2.75, 3.05) is 13.3 Å². The summed E-state index contributed by atoms with van der Waals surface area (Å²) in [6.45, 7) is 1.87. The number of rotatable bonds is 5. The van der Waals surface area contributed by atoms with Crippen molar-refractivity contribution in [2.45, 2.75) is 19.4 Å². The maximum absolute atomic E-state index is 12.7. The molecule has 2 aliphatic heterocycles. The Labute approximate surface area is 166 Å². The lowest BCUT2D eigenvalue weighted by Crippen LogP contribution is -2.32. The van der Waals surface area contributed by atoms with E-state index in [1.807, 2.05) is 18.2 Å². The van der Waals surface area contributed by atoms with E-state index in [1.54, 1.807) is 24.3 Å². The standard InChI is InChI=1S/C21H18ClNO5/c1-12(24)18-19(14-3-5-15(22)6-4-14)23(21(26)20(18)25)9-8-13-2-7-16-17(10-13)28-11-27-16/h2-7,10,19,25H,8-9,11H2,1H3. The molecule has 0 spiro atoms. The van der Waals surface area contributed by atoms with E-state index in [9.17, 15) is 14.7 Å². The highest BCUT2D eigenvalue weighted by Gasteiger charge is 2.42. The highest BCUT2D eigenvalue weighted by atomic mass is 35.5. The quantitative estimate of drug-likeness (QED) is 0.831. The molecule has 28 heavy (non-hydrogen) atoms. The van der Waals surface area contributed by atoms with Gasteiger partial charge in [-0.3, -0.25) is 9.59 Å². The zero-order valence-electron chi connectivity index (χ0n) is 15.1. The number of Topliss-reactive ketones (excluding diaryl/α,β-unsaturated/α-hetero) is 1. The lowest BCUT2D eigenvalue weighted by atomic mass is 9.96. The van der Waals surface area contributed by atoms with Crippen LogP contribution in [0.25, 0.3) is 0 Å². The van der Waals surface area contributed by atoms with Gasteiger partial charge in [0.05, 0.1) is 11.6 Å². The molecule has 4 rings (SSSR count). The van der Waals surface area contributed by atoms with Gasteiger partial charge in [-0.05, 0) is 48.7 Å². The Morgan fingerprint density at radius 3 is 2.61 bits per heavy atom. The van der Waals surface area contributed by atoms with E-state index in [2.05, 4.69) is 0 Å². The molecule has 2 aromatic carbocycles. The van der Waals surface area contributed by atoms with Gasteiger partial charge in [0, 0.05) is 11.6 Å². The van der Waals surface area contributed by atoms with Crippen molar-refractivity contribution in [3.63, 3.8) is 0 Å². The van der Waals surface area contributed by atoms with Gasteiger partial charge in [-0.25, -0.2) is 0 Å². The Kier molecular flexibility index (Phi) is 4.73. The normalized spacial score (nSPS) is 18.1. The number of hydrogen-bond acceptors (Lipinski definition) is 5. The van der Waals surface area contributed by atoms with Crippen LogP contribution in [0.3, 0.4) is 0 Å². The number of aliphatic hydroxyl groups is 1. The molecular weight excluding hydrogens is 382 g/mol. The van der Waals surface area contributed by atoms with Crippen LogP contribution in [-0.4, -0.2) is 35.0 Å². The number of aliphatic hydroxyl groups excluding tert-OH is 1. The average molecular weight is 400 g/mol. The zero-order chi connectivity index (χ0) is 19.8. The third kappa shape index (κ3) is 3.20. The molecule has 0 bridgehead atoms. The minimum Gasteiger partial charge on any atom is -0.503 e. The fraction of sp³-hybridized carbons (Fsp3) is 0.238. The number of ketones is 1. The van der Waals surface area contributed by atoms with Crippen molar-refractivity contribution >= 4 is 23.3 Å². The minimum atomic E-state index is -0.642. The first-order chi connectivity index (χ1) is 13.5. The summed E-state index contributed by atoms with van der Waals surface area (Å²) < 4.78 is 10.7. The van der Waals surface area contributed by atoms with E-state index in [1.165, 1.54) is 11.8 Å². The number of benzene rings is 2. The van der Waals surface area contributed by atoms with Crippen LogP contribution in [-0.2, 0) is 16.0 Å². The number of nitrogens with zero attached hydrogens (tertiary/aromatic N) is 1. The minimum absolute atomic E-state index is 0.109. The van der Waals surface area contributed by atoms with Gasteiger partial charge in [-0.2, -0.15) is 0 Å². The Morgan fingerprint density at radius 2 is 1.89 bits per heavy atom. The van der Waals surface area contributed by atoms with Gasteiger partial charge < -0.3 is 19.5 Å². The lowest BCUT2D eigenvalue weighted by Gasteiger charge is -2.26. The number of amides is 1. The van der Waals surface area contributed by atoms with Gasteiger partial charge in [-0.15, -0.1) is 0 Å². The fourth-order valence-corrected chi connectivity index (χ4v) is 3.71. The van der Waals surface area contributed by atoms with E-state index in [0.29, 0.717) is 29.5 Å². The second-order valence-electron chi connectivity index (χ2n) is 6.71. The molecule has 2 aliphatic rings. The number of fused-ring (bicyclic) bond motifs is 1. The van der Waals surface area contributed by atoms with Crippen LogP contribution >= 0.6 is 11.6 Å². The molecule has 1 N–H and O–H groups in total. The summed E-state index contributed by atoms with van der Waals surface area (Å²) in [6.07, 6.45) is 0.533. The molecule has 1 amide bonds. The van der Waals surface area contributed by atoms with Crippen molar-refractivity contribution in [3.8, 4) is 11.5 Å². The molecule has 0 saturated heterocycles. The second-order valence-corrected chi connectivity index (χ2v) is 7.15. The van der Waals surface area contributed by atoms with Gasteiger partial charge in [0.1, 0.15) is 0 Å². The lowest BCUT2D eigenvalue weighted by molar-refractivity contribution is -0.129. The van der Waals surface area contributed by atoms with E-state index in [-0.39, 0.29) is 18.1 Å². The third-order valence-electron chi connectivity index (χ3n) is 4.95. The molecule has 0 aliphatic carbocycles. The van der Waals surface area contributed by atoms with Gasteiger partial charge in [-0.1, -0.05) is 29.8 Å². The third-order valence-corrected chi connectivity index (χ3v) is 5.20. The van der Waals surface area contributed by atoms with Crippen LogP contribution in [0.4, 0.5) is 0 Å². The second kappa shape index (κ2) is 7.20. The SMILES string of the molecule is CC(=O)C1=C(O)C(=O)N(CCc2ccc3c(c2)OCO3)C1c1ccc(Cl)cc1. The predicted molar refractivity (Wildman–Crippen MR) is 103 cm³/mol. The van der Waals surface area contributed by atoms with Gasteiger partial charge in [0.2, 0.25) is 6.79 Å². The van der Waals surface area contributed by atoms with E-state index >= 15 is 0 Å². The Bertz CT molecular complexity index is 983. The molecule has 0 aromatic heterocycles. The zero-order valence-corrected chi connectivity index (χ0v) is 15.9. The Hall–Kier alpha value is -2.99. The number of halogens is 1. The summed E-state index contributed by atoms with van der Waals surface area (Å²) in [5, 5.41) is 10.9. The summed E-state index contributed by atoms with van der Waals surface area (Å²) in [5.74, 6) is -0.0106. The van der Waals surface area contributed by atoms with Crippen LogP contribution in [0.5, 0.6) is 11.5 Å². The fourth-order valence-electron chi connectivity index (χ4n) is 3.58. The smallest absolute Gasteiger partial charge is 0.290 e. The summed E-state index contributed by atoms with van der Waals surface area (Å²) in [6, 6.07) is 11.9. The van der Waals surface area contributed by atoms with Crippen LogP contribution in [0.15, 0.2) is 53.8 Å². The molecule has 1 unspecified atom stereocenters. The number of carbonyl (C=O) groups excluding carboxylic acids is 2. The molecule has 6 nitrogen and oxygen atoms in total. The van der Waals surface area contributed by atoms with Crippen LogP contribution in [0, 0.1) is 0 Å². The number of hydrogen-bond donors (Lipinski definition) is 1. The highest BCUT2D eigenvalue weighted by molar-refractivity contribution is 6.30. The van der Waals surface area contributed by atoms with Crippen molar-refractivity contribution in [1.82, 2.24) is 4.90 Å². The molecular formula is C21H18ClNO5. The van der Waals surface area contributed by atoms with Crippen molar-refractivity contribution in [3.05, 3.63) is 69.9 Å². The number of ether oxygens (including phenoxy) is 2. The number of carbonyl (C=O) groups is 2. The van der Waals surface area contributed by atoms with Gasteiger partial charge >= 0.3 is 0 Å². The topological polar surface area (TPSA) is 76.1 Å². The summed E-state index contributed by atoms with van der Waals surface area (Å²) in [4.78, 5) is 26.3. The first-order valence-electron chi connectivity index (χ1n) is 8.84. The largest absolute Gasteiger partial charge is 0.503 e. The molecule has 2 aromatic rings. The average Bonchev–Trinajstić information content (AvgIpc) is 3.23. The summed E-state index contributed by atoms with van der Waals surface area (Å²) in [7, 11) is 0. The molecule has 7 heteroatoms. The van der Waals surface area contributed by atoms with Crippen molar-refractivity contribution in [2.24, 2.45) is 0 Å². The summed E-state index contributed by atoms with van der Waals surface area (Å²) >= 11 is 5.97. The maximum atomic E-state index is 12.7. The molecule has 1 atom stereocenters. The molecule has 0 fully saturated rings. The molecule has 144 valence electrons. The highest BCUT2D eigenvalue weighted by Crippen LogP contribution is 2.38. The maximum Gasteiger partial charge on any atom is 0.290 e. The Morgan fingerprint density at radius 1 is 1.18 bits per heavy atom. The predicted octanol–water partition coefficient (Wildman–Crippen LogP) is 3.60. The molecule has 0 radical (unpaired) electrons. The van der Waals surface area contributed by atoms with Gasteiger partial charge in [0.15, 0.2) is 23.0 Å². The van der Waals surface area contributed by atoms with Crippen molar-refractivity contribution < 1.29 is 24.2 Å². The first kappa shape index (κ1) is 18.4. The van der Waals surface area contributed by atoms with Crippen LogP contribution in [0.2, 0.25) is 5.02 Å². The van der Waals surface area contributed by atoms with Gasteiger partial charge in [0.25, 0.3) is 5.91 Å². The Balaban J connectivity index is 1.61. The monoisotopic (exact) mass is 399 g/mol. The van der Waals surface area contributed by atoms with E-state index < -0.39 is 17.7 Å². The van der Waals surface area contributed by atoms with Crippen LogP contribution < -0.4 is 9.47 Å². The molecule has 0 saturated carbocycles. The summed E-state index contributed by atoms with van der Waals surface area (Å²) in [5.41, 5.74) is 1.79. The van der Waals surface area contributed by atoms with E-state index in [0.717, 1.165) is 11.1 Å². The van der Waals surface area contributed by atoms with Crippen LogP contribution in [0.1, 0.15) is 24.1 Å².